The molecule has 0 aliphatic carbocycles. The van der Waals surface area contributed by atoms with E-state index in [1.807, 2.05) is 6.07 Å². The predicted molar refractivity (Wildman–Crippen MR) is 109 cm³/mol. The number of nitrogens with one attached hydrogen (secondary N) is 1. The van der Waals surface area contributed by atoms with Crippen LogP contribution in [0.3, 0.4) is 0 Å². The van der Waals surface area contributed by atoms with Crippen molar-refractivity contribution in [2.75, 3.05) is 19.4 Å². The molecule has 6 nitrogen and oxygen atoms in total. The normalized spacial score (nSPS) is 11.1. The second kappa shape index (κ2) is 9.65. The van der Waals surface area contributed by atoms with Crippen LogP contribution in [0.4, 0.5) is 14.5 Å². The molecule has 0 unspecified atom stereocenters. The molecule has 2 rings (SSSR count). The Balaban J connectivity index is 2.21. The fraction of sp³-hybridized carbons (Fsp3) is 0.227. The Labute approximate surface area is 173 Å². The van der Waals surface area contributed by atoms with Crippen LogP contribution in [0, 0.1) is 25.2 Å². The van der Waals surface area contributed by atoms with E-state index < -0.39 is 12.5 Å². The molecule has 0 aromatic heterocycles. The quantitative estimate of drug-likeness (QED) is 0.570. The first-order valence-electron chi connectivity index (χ1n) is 8.93. The maximum absolute atomic E-state index is 12.5. The highest BCUT2D eigenvalue weighted by atomic mass is 19.3. The lowest BCUT2D eigenvalue weighted by Gasteiger charge is -2.12. The smallest absolute Gasteiger partial charge is 0.387 e. The molecular weight excluding hydrogens is 392 g/mol. The van der Waals surface area contributed by atoms with Crippen LogP contribution in [0.2, 0.25) is 0 Å². The molecule has 1 N–H and O–H groups in total. The van der Waals surface area contributed by atoms with Crippen LogP contribution in [0.25, 0.3) is 6.08 Å². The summed E-state index contributed by atoms with van der Waals surface area (Å²) in [7, 11) is 3.27. The Bertz CT molecular complexity index is 1000. The Hall–Kier alpha value is -3.73. The fourth-order valence-corrected chi connectivity index (χ4v) is 2.81. The van der Waals surface area contributed by atoms with Crippen molar-refractivity contribution in [1.29, 1.82) is 5.26 Å². The molecule has 0 spiro atoms. The van der Waals surface area contributed by atoms with Gasteiger partial charge in [0.2, 0.25) is 0 Å². The summed E-state index contributed by atoms with van der Waals surface area (Å²) in [4.78, 5) is 25.8. The van der Waals surface area contributed by atoms with Crippen molar-refractivity contribution in [3.63, 3.8) is 0 Å². The molecule has 2 aromatic carbocycles. The number of amides is 2. The Morgan fingerprint density at radius 1 is 1.13 bits per heavy atom. The first-order valence-corrected chi connectivity index (χ1v) is 8.93. The summed E-state index contributed by atoms with van der Waals surface area (Å²) in [5, 5.41) is 12.0. The van der Waals surface area contributed by atoms with E-state index in [9.17, 15) is 23.6 Å². The van der Waals surface area contributed by atoms with E-state index in [4.69, 9.17) is 0 Å². The monoisotopic (exact) mass is 413 g/mol. The highest BCUT2D eigenvalue weighted by Gasteiger charge is 2.14. The predicted octanol–water partition coefficient (Wildman–Crippen LogP) is 4.15. The van der Waals surface area contributed by atoms with E-state index in [-0.39, 0.29) is 17.2 Å². The van der Waals surface area contributed by atoms with Crippen molar-refractivity contribution < 1.29 is 23.1 Å². The highest BCUT2D eigenvalue weighted by Crippen LogP contribution is 2.27. The number of ether oxygens (including phenoxy) is 1. The zero-order valence-electron chi connectivity index (χ0n) is 17.0. The molecule has 0 aliphatic rings. The lowest BCUT2D eigenvalue weighted by atomic mass is 10.0. The minimum atomic E-state index is -2.94. The van der Waals surface area contributed by atoms with Gasteiger partial charge in [0, 0.05) is 25.3 Å². The standard InChI is InChI=1S/C22H21F2N3O3/c1-13-9-15(10-14(2)19(13)30-22(23)24)11-17(12-25)20(28)26-18-7-5-16(6-8-18)21(29)27(3)4/h5-11,22H,1-4H3,(H,26,28)/b17-11+. The molecule has 2 amide bonds. The first kappa shape index (κ1) is 22.6. The highest BCUT2D eigenvalue weighted by molar-refractivity contribution is 6.09. The molecule has 2 aromatic rings. The molecule has 0 radical (unpaired) electrons. The number of carbonyl (C=O) groups excluding carboxylic acids is 2. The molecule has 8 heteroatoms. The molecule has 156 valence electrons. The number of alkyl halides is 2. The van der Waals surface area contributed by atoms with E-state index in [0.717, 1.165) is 0 Å². The van der Waals surface area contributed by atoms with Crippen molar-refractivity contribution in [3.8, 4) is 11.8 Å². The van der Waals surface area contributed by atoms with E-state index in [1.54, 1.807) is 64.3 Å². The summed E-state index contributed by atoms with van der Waals surface area (Å²) in [5.74, 6) is -0.736. The zero-order valence-corrected chi connectivity index (χ0v) is 17.0. The number of carbonyl (C=O) groups is 2. The lowest BCUT2D eigenvalue weighted by molar-refractivity contribution is -0.112. The first-order chi connectivity index (χ1) is 14.1. The van der Waals surface area contributed by atoms with Gasteiger partial charge in [-0.05, 0) is 73.0 Å². The van der Waals surface area contributed by atoms with Crippen LogP contribution in [0.5, 0.6) is 5.75 Å². The molecule has 0 saturated heterocycles. The largest absolute Gasteiger partial charge is 0.434 e. The number of anilines is 1. The summed E-state index contributed by atoms with van der Waals surface area (Å²) in [6.07, 6.45) is 1.37. The number of nitriles is 1. The van der Waals surface area contributed by atoms with Crippen molar-refractivity contribution in [2.24, 2.45) is 0 Å². The minimum Gasteiger partial charge on any atom is -0.434 e. The fourth-order valence-electron chi connectivity index (χ4n) is 2.81. The maximum atomic E-state index is 12.5. The van der Waals surface area contributed by atoms with Gasteiger partial charge in [-0.25, -0.2) is 0 Å². The summed E-state index contributed by atoms with van der Waals surface area (Å²) in [6, 6.07) is 11.2. The number of benzene rings is 2. The SMILES string of the molecule is Cc1cc(/C=C(\C#N)C(=O)Nc2ccc(C(=O)N(C)C)cc2)cc(C)c1OC(F)F. The van der Waals surface area contributed by atoms with Gasteiger partial charge in [0.25, 0.3) is 11.8 Å². The van der Waals surface area contributed by atoms with Gasteiger partial charge >= 0.3 is 6.61 Å². The van der Waals surface area contributed by atoms with Gasteiger partial charge in [0.15, 0.2) is 0 Å². The van der Waals surface area contributed by atoms with Crippen molar-refractivity contribution in [2.45, 2.75) is 20.5 Å². The molecule has 0 fully saturated rings. The van der Waals surface area contributed by atoms with E-state index in [1.165, 1.54) is 11.0 Å². The van der Waals surface area contributed by atoms with Crippen LogP contribution < -0.4 is 10.1 Å². The second-order valence-corrected chi connectivity index (χ2v) is 6.76. The minimum absolute atomic E-state index is 0.0671. The van der Waals surface area contributed by atoms with Crippen molar-refractivity contribution in [1.82, 2.24) is 4.90 Å². The Kier molecular flexibility index (Phi) is 7.26. The molecule has 0 bridgehead atoms. The second-order valence-electron chi connectivity index (χ2n) is 6.76. The number of halogens is 2. The van der Waals surface area contributed by atoms with Crippen LogP contribution >= 0.6 is 0 Å². The number of rotatable bonds is 6. The Morgan fingerprint density at radius 3 is 2.17 bits per heavy atom. The molecule has 30 heavy (non-hydrogen) atoms. The van der Waals surface area contributed by atoms with Crippen LogP contribution in [0.15, 0.2) is 42.0 Å². The number of hydrogen-bond acceptors (Lipinski definition) is 4. The van der Waals surface area contributed by atoms with Gasteiger partial charge in [-0.3, -0.25) is 9.59 Å². The van der Waals surface area contributed by atoms with Crippen LogP contribution in [-0.4, -0.2) is 37.4 Å². The maximum Gasteiger partial charge on any atom is 0.387 e. The van der Waals surface area contributed by atoms with Crippen LogP contribution in [-0.2, 0) is 4.79 Å². The number of aryl methyl sites for hydroxylation is 2. The van der Waals surface area contributed by atoms with Gasteiger partial charge < -0.3 is 15.0 Å². The van der Waals surface area contributed by atoms with E-state index in [2.05, 4.69) is 10.1 Å². The Morgan fingerprint density at radius 2 is 1.70 bits per heavy atom. The summed E-state index contributed by atoms with van der Waals surface area (Å²) < 4.78 is 29.5. The third-order valence-corrected chi connectivity index (χ3v) is 4.16. The van der Waals surface area contributed by atoms with Gasteiger partial charge in [0.1, 0.15) is 17.4 Å². The van der Waals surface area contributed by atoms with Gasteiger partial charge in [0.05, 0.1) is 0 Å². The molecule has 0 saturated carbocycles. The van der Waals surface area contributed by atoms with E-state index in [0.29, 0.717) is 27.9 Å². The lowest BCUT2D eigenvalue weighted by Crippen LogP contribution is -2.21. The number of hydrogen-bond donors (Lipinski definition) is 1. The van der Waals surface area contributed by atoms with E-state index >= 15 is 0 Å². The average Bonchev–Trinajstić information content (AvgIpc) is 2.68. The van der Waals surface area contributed by atoms with Gasteiger partial charge in [-0.2, -0.15) is 14.0 Å². The molecular formula is C22H21F2N3O3. The summed E-state index contributed by atoms with van der Waals surface area (Å²) >= 11 is 0. The van der Waals surface area contributed by atoms with Crippen molar-refractivity contribution >= 4 is 23.6 Å². The van der Waals surface area contributed by atoms with Gasteiger partial charge in [-0.1, -0.05) is 0 Å². The molecule has 0 atom stereocenters. The van der Waals surface area contributed by atoms with Gasteiger partial charge in [-0.15, -0.1) is 0 Å². The van der Waals surface area contributed by atoms with Crippen LogP contribution in [0.1, 0.15) is 27.0 Å². The van der Waals surface area contributed by atoms with Crippen molar-refractivity contribution in [3.05, 3.63) is 64.2 Å². The molecule has 0 aliphatic heterocycles. The third kappa shape index (κ3) is 5.64. The zero-order chi connectivity index (χ0) is 22.4. The summed E-state index contributed by atoms with van der Waals surface area (Å²) in [5.41, 5.74) is 2.14. The molecule has 0 heterocycles. The summed E-state index contributed by atoms with van der Waals surface area (Å²) in [6.45, 7) is 0.263. The number of nitrogens with zero attached hydrogens (tertiary/aromatic N) is 2. The third-order valence-electron chi connectivity index (χ3n) is 4.16. The topological polar surface area (TPSA) is 82.4 Å². The average molecular weight is 413 g/mol.